The molecule has 0 spiro atoms. The molecule has 0 N–H and O–H groups in total. The van der Waals surface area contributed by atoms with Crippen molar-refractivity contribution in [2.75, 3.05) is 12.4 Å². The highest BCUT2D eigenvalue weighted by Gasteiger charge is 2.15. The molecule has 0 bridgehead atoms. The van der Waals surface area contributed by atoms with Crippen LogP contribution >= 0.6 is 23.4 Å². The monoisotopic (exact) mass is 312 g/mol. The van der Waals surface area contributed by atoms with Gasteiger partial charge in [0.15, 0.2) is 5.16 Å². The fourth-order valence-electron chi connectivity index (χ4n) is 1.98. The zero-order chi connectivity index (χ0) is 14.7. The van der Waals surface area contributed by atoms with E-state index in [1.807, 2.05) is 18.2 Å². The zero-order valence-corrected chi connectivity index (χ0v) is 13.3. The molecule has 20 heavy (non-hydrogen) atoms. The second-order valence-corrected chi connectivity index (χ2v) is 5.96. The van der Waals surface area contributed by atoms with Gasteiger partial charge in [0.25, 0.3) is 0 Å². The summed E-state index contributed by atoms with van der Waals surface area (Å²) in [6.45, 7) is 6.37. The van der Waals surface area contributed by atoms with E-state index in [1.165, 1.54) is 11.8 Å². The third-order valence-electron chi connectivity index (χ3n) is 2.76. The van der Waals surface area contributed by atoms with Gasteiger partial charge in [0.05, 0.1) is 23.4 Å². The number of hydrogen-bond acceptors (Lipinski definition) is 4. The molecule has 2 rings (SSSR count). The zero-order valence-electron chi connectivity index (χ0n) is 11.7. The van der Waals surface area contributed by atoms with Gasteiger partial charge in [0.1, 0.15) is 0 Å². The van der Waals surface area contributed by atoms with E-state index < -0.39 is 0 Å². The van der Waals surface area contributed by atoms with Gasteiger partial charge in [-0.25, -0.2) is 4.98 Å². The Kier molecular flexibility index (Phi) is 4.94. The summed E-state index contributed by atoms with van der Waals surface area (Å²) in [5.74, 6) is 0.0374. The van der Waals surface area contributed by atoms with Gasteiger partial charge >= 0.3 is 5.97 Å². The van der Waals surface area contributed by atoms with Gasteiger partial charge in [-0.05, 0) is 39.0 Å². The number of thioether (sulfide) groups is 1. The molecule has 4 nitrogen and oxygen atoms in total. The van der Waals surface area contributed by atoms with Crippen molar-refractivity contribution in [3.8, 4) is 0 Å². The van der Waals surface area contributed by atoms with Crippen molar-refractivity contribution in [3.05, 3.63) is 23.2 Å². The van der Waals surface area contributed by atoms with E-state index in [1.54, 1.807) is 6.92 Å². The second kappa shape index (κ2) is 6.50. The fourth-order valence-corrected chi connectivity index (χ4v) is 3.08. The van der Waals surface area contributed by atoms with E-state index in [2.05, 4.69) is 23.4 Å². The standard InChI is InChI=1S/C14H17ClN2O2S/c1-4-19-13(18)8-20-14-16-11-7-10(15)5-6-12(11)17(14)9(2)3/h5-7,9H,4,8H2,1-3H3. The summed E-state index contributed by atoms with van der Waals surface area (Å²) in [4.78, 5) is 16.0. The van der Waals surface area contributed by atoms with Crippen LogP contribution in [0.4, 0.5) is 0 Å². The van der Waals surface area contributed by atoms with E-state index >= 15 is 0 Å². The summed E-state index contributed by atoms with van der Waals surface area (Å²) in [7, 11) is 0. The fraction of sp³-hybridized carbons (Fsp3) is 0.429. The molecule has 0 saturated heterocycles. The molecule has 0 aliphatic heterocycles. The highest BCUT2D eigenvalue weighted by atomic mass is 35.5. The van der Waals surface area contributed by atoms with Gasteiger partial charge in [-0.3, -0.25) is 4.79 Å². The molecule has 0 amide bonds. The number of halogens is 1. The summed E-state index contributed by atoms with van der Waals surface area (Å²) in [6, 6.07) is 5.90. The number of imidazole rings is 1. The van der Waals surface area contributed by atoms with Crippen molar-refractivity contribution >= 4 is 40.4 Å². The molecular weight excluding hydrogens is 296 g/mol. The van der Waals surface area contributed by atoms with Gasteiger partial charge in [0.2, 0.25) is 0 Å². The van der Waals surface area contributed by atoms with E-state index in [4.69, 9.17) is 16.3 Å². The minimum atomic E-state index is -0.224. The first-order chi connectivity index (χ1) is 9.52. The largest absolute Gasteiger partial charge is 0.465 e. The van der Waals surface area contributed by atoms with Crippen molar-refractivity contribution in [1.29, 1.82) is 0 Å². The number of carbonyl (C=O) groups is 1. The Morgan fingerprint density at radius 1 is 1.50 bits per heavy atom. The van der Waals surface area contributed by atoms with Crippen LogP contribution in [0.2, 0.25) is 5.02 Å². The highest BCUT2D eigenvalue weighted by molar-refractivity contribution is 7.99. The lowest BCUT2D eigenvalue weighted by molar-refractivity contribution is -0.139. The predicted octanol–water partition coefficient (Wildman–Crippen LogP) is 3.93. The Balaban J connectivity index is 2.32. The van der Waals surface area contributed by atoms with Gasteiger partial charge in [0, 0.05) is 11.1 Å². The Hall–Kier alpha value is -1.20. The molecule has 0 saturated carbocycles. The number of hydrogen-bond donors (Lipinski definition) is 0. The smallest absolute Gasteiger partial charge is 0.316 e. The minimum Gasteiger partial charge on any atom is -0.465 e. The molecule has 0 atom stereocenters. The van der Waals surface area contributed by atoms with E-state index in [0.29, 0.717) is 11.6 Å². The number of esters is 1. The van der Waals surface area contributed by atoms with E-state index in [0.717, 1.165) is 16.2 Å². The van der Waals surface area contributed by atoms with E-state index in [-0.39, 0.29) is 17.8 Å². The molecule has 0 radical (unpaired) electrons. The number of aromatic nitrogens is 2. The van der Waals surface area contributed by atoms with Crippen molar-refractivity contribution < 1.29 is 9.53 Å². The Labute approximate surface area is 127 Å². The summed E-state index contributed by atoms with van der Waals surface area (Å²) in [5.41, 5.74) is 1.87. The number of nitrogens with zero attached hydrogens (tertiary/aromatic N) is 2. The molecule has 6 heteroatoms. The quantitative estimate of drug-likeness (QED) is 0.620. The maximum absolute atomic E-state index is 11.5. The van der Waals surface area contributed by atoms with Crippen LogP contribution in [-0.2, 0) is 9.53 Å². The number of rotatable bonds is 5. The molecule has 0 aliphatic carbocycles. The molecular formula is C14H17ClN2O2S. The topological polar surface area (TPSA) is 44.1 Å². The van der Waals surface area contributed by atoms with E-state index in [9.17, 15) is 4.79 Å². The molecule has 2 aromatic rings. The molecule has 1 aromatic carbocycles. The van der Waals surface area contributed by atoms with Crippen molar-refractivity contribution in [3.63, 3.8) is 0 Å². The van der Waals surface area contributed by atoms with Crippen LogP contribution in [0.1, 0.15) is 26.8 Å². The maximum atomic E-state index is 11.5. The van der Waals surface area contributed by atoms with Crippen molar-refractivity contribution in [1.82, 2.24) is 9.55 Å². The molecule has 108 valence electrons. The van der Waals surface area contributed by atoms with Gasteiger partial charge < -0.3 is 9.30 Å². The van der Waals surface area contributed by atoms with Crippen LogP contribution in [-0.4, -0.2) is 27.9 Å². The molecule has 1 aromatic heterocycles. The van der Waals surface area contributed by atoms with Crippen LogP contribution in [0.3, 0.4) is 0 Å². The Bertz CT molecular complexity index is 625. The summed E-state index contributed by atoms with van der Waals surface area (Å²) < 4.78 is 7.05. The normalized spacial score (nSPS) is 11.2. The lowest BCUT2D eigenvalue weighted by Crippen LogP contribution is -2.08. The SMILES string of the molecule is CCOC(=O)CSc1nc2cc(Cl)ccc2n1C(C)C. The summed E-state index contributed by atoms with van der Waals surface area (Å²) in [6.07, 6.45) is 0. The van der Waals surface area contributed by atoms with Crippen LogP contribution in [0.25, 0.3) is 11.0 Å². The average Bonchev–Trinajstić information content (AvgIpc) is 2.74. The van der Waals surface area contributed by atoms with Gasteiger partial charge in [-0.1, -0.05) is 23.4 Å². The molecule has 1 heterocycles. The Morgan fingerprint density at radius 2 is 2.25 bits per heavy atom. The number of ether oxygens (including phenoxy) is 1. The van der Waals surface area contributed by atoms with Crippen LogP contribution in [0.15, 0.2) is 23.4 Å². The average molecular weight is 313 g/mol. The van der Waals surface area contributed by atoms with Crippen molar-refractivity contribution in [2.24, 2.45) is 0 Å². The third kappa shape index (κ3) is 3.27. The minimum absolute atomic E-state index is 0.224. The maximum Gasteiger partial charge on any atom is 0.316 e. The van der Waals surface area contributed by atoms with Crippen LogP contribution in [0.5, 0.6) is 0 Å². The third-order valence-corrected chi connectivity index (χ3v) is 3.92. The summed E-state index contributed by atoms with van der Waals surface area (Å²) >= 11 is 7.39. The van der Waals surface area contributed by atoms with Crippen LogP contribution < -0.4 is 0 Å². The first-order valence-corrected chi connectivity index (χ1v) is 7.85. The van der Waals surface area contributed by atoms with Gasteiger partial charge in [-0.2, -0.15) is 0 Å². The molecule has 0 fully saturated rings. The lowest BCUT2D eigenvalue weighted by atomic mass is 10.3. The number of carbonyl (C=O) groups excluding carboxylic acids is 1. The lowest BCUT2D eigenvalue weighted by Gasteiger charge is -2.12. The molecule has 0 unspecified atom stereocenters. The first kappa shape index (κ1) is 15.2. The van der Waals surface area contributed by atoms with Crippen molar-refractivity contribution in [2.45, 2.75) is 32.0 Å². The van der Waals surface area contributed by atoms with Gasteiger partial charge in [-0.15, -0.1) is 0 Å². The Morgan fingerprint density at radius 3 is 2.90 bits per heavy atom. The number of fused-ring (bicyclic) bond motifs is 1. The predicted molar refractivity (Wildman–Crippen MR) is 82.5 cm³/mol. The number of benzene rings is 1. The highest BCUT2D eigenvalue weighted by Crippen LogP contribution is 2.29. The first-order valence-electron chi connectivity index (χ1n) is 6.48. The van der Waals surface area contributed by atoms with Crippen LogP contribution in [0, 0.1) is 0 Å². The molecule has 0 aliphatic rings. The second-order valence-electron chi connectivity index (χ2n) is 4.58. The summed E-state index contributed by atoms with van der Waals surface area (Å²) in [5, 5.41) is 1.47.